The van der Waals surface area contributed by atoms with E-state index in [9.17, 15) is 18.0 Å². The largest absolute Gasteiger partial charge is 0.435 e. The average molecular weight is 558 g/mol. The maximum atomic E-state index is 13.3. The summed E-state index contributed by atoms with van der Waals surface area (Å²) in [7, 11) is 1.47. The Kier molecular flexibility index (Phi) is 7.35. The van der Waals surface area contributed by atoms with Crippen molar-refractivity contribution < 1.29 is 18.0 Å². The van der Waals surface area contributed by atoms with Gasteiger partial charge in [-0.05, 0) is 49.1 Å². The van der Waals surface area contributed by atoms with Gasteiger partial charge in [-0.15, -0.1) is 10.2 Å². The first-order chi connectivity index (χ1) is 18.6. The highest BCUT2D eigenvalue weighted by molar-refractivity contribution is 6.30. The number of likely N-dealkylation sites (tertiary alicyclic amines) is 1. The van der Waals surface area contributed by atoms with Crippen LogP contribution in [0.3, 0.4) is 0 Å². The predicted molar refractivity (Wildman–Crippen MR) is 140 cm³/mol. The number of aromatic nitrogens is 5. The lowest BCUT2D eigenvalue weighted by Gasteiger charge is -2.25. The van der Waals surface area contributed by atoms with Crippen LogP contribution in [0.15, 0.2) is 54.6 Å². The molecule has 0 aliphatic carbocycles. The average Bonchev–Trinajstić information content (AvgIpc) is 3.63. The Morgan fingerprint density at radius 3 is 2.59 bits per heavy atom. The zero-order valence-electron chi connectivity index (χ0n) is 21.4. The summed E-state index contributed by atoms with van der Waals surface area (Å²) in [6, 6.07) is 15.1. The molecule has 2 amide bonds. The van der Waals surface area contributed by atoms with Crippen LogP contribution in [0.25, 0.3) is 11.3 Å². The molecule has 12 heteroatoms. The fourth-order valence-electron chi connectivity index (χ4n) is 4.94. The van der Waals surface area contributed by atoms with Crippen LogP contribution in [-0.4, -0.2) is 42.0 Å². The number of hydrogen-bond donors (Lipinski definition) is 1. The van der Waals surface area contributed by atoms with Crippen molar-refractivity contribution in [3.63, 3.8) is 0 Å². The van der Waals surface area contributed by atoms with Crippen molar-refractivity contribution in [1.29, 1.82) is 0 Å². The number of halogens is 4. The monoisotopic (exact) mass is 557 g/mol. The van der Waals surface area contributed by atoms with Crippen LogP contribution < -0.4 is 5.32 Å². The lowest BCUT2D eigenvalue weighted by Crippen LogP contribution is -2.40. The molecule has 0 bridgehead atoms. The first-order valence-electron chi connectivity index (χ1n) is 12.5. The molecule has 4 aromatic rings. The molecule has 1 aliphatic rings. The van der Waals surface area contributed by atoms with Crippen molar-refractivity contribution in [2.45, 2.75) is 45.1 Å². The molecule has 3 heterocycles. The Labute approximate surface area is 228 Å². The summed E-state index contributed by atoms with van der Waals surface area (Å²) in [5.41, 5.74) is 1.64. The standard InChI is InChI=1S/C27H27ClF3N7O/c1-17-33-34-25(38(17)16-18-9-11-20(28)12-10-18)22-8-5-13-37(22)26(39)32-15-19-6-3-4-7-21(19)23-14-24(27(29,30)31)35-36(23)2/h3-4,6-7,9-12,14,22H,5,8,13,15-16H2,1-2H3,(H,32,39)/t22-/m1/s1. The number of benzene rings is 2. The maximum Gasteiger partial charge on any atom is 0.435 e. The fraction of sp³-hybridized carbons (Fsp3) is 0.333. The van der Waals surface area contributed by atoms with E-state index in [1.54, 1.807) is 29.2 Å². The van der Waals surface area contributed by atoms with E-state index in [2.05, 4.69) is 20.6 Å². The Bertz CT molecular complexity index is 1480. The fourth-order valence-corrected chi connectivity index (χ4v) is 5.07. The van der Waals surface area contributed by atoms with Gasteiger partial charge in [-0.3, -0.25) is 4.68 Å². The highest BCUT2D eigenvalue weighted by Gasteiger charge is 2.36. The van der Waals surface area contributed by atoms with E-state index in [-0.39, 0.29) is 18.6 Å². The van der Waals surface area contributed by atoms with E-state index >= 15 is 0 Å². The van der Waals surface area contributed by atoms with Gasteiger partial charge in [-0.2, -0.15) is 18.3 Å². The van der Waals surface area contributed by atoms with Gasteiger partial charge in [0.05, 0.1) is 18.3 Å². The van der Waals surface area contributed by atoms with Crippen LogP contribution in [0, 0.1) is 6.92 Å². The zero-order chi connectivity index (χ0) is 27.7. The number of carbonyl (C=O) groups excluding carboxylic acids is 1. The van der Waals surface area contributed by atoms with E-state index in [4.69, 9.17) is 11.6 Å². The molecule has 39 heavy (non-hydrogen) atoms. The van der Waals surface area contributed by atoms with E-state index in [0.717, 1.165) is 30.3 Å². The smallest absolute Gasteiger partial charge is 0.334 e. The molecular weight excluding hydrogens is 531 g/mol. The first-order valence-corrected chi connectivity index (χ1v) is 12.9. The van der Waals surface area contributed by atoms with Crippen molar-refractivity contribution in [3.8, 4) is 11.3 Å². The SMILES string of the molecule is Cc1nnc([C@H]2CCCN2C(=O)NCc2ccccc2-c2cc(C(F)(F)F)nn2C)n1Cc1ccc(Cl)cc1. The quantitative estimate of drug-likeness (QED) is 0.327. The number of urea groups is 1. The van der Waals surface area contributed by atoms with Crippen LogP contribution >= 0.6 is 11.6 Å². The normalized spacial score (nSPS) is 15.6. The second-order valence-electron chi connectivity index (χ2n) is 9.52. The van der Waals surface area contributed by atoms with Gasteiger partial charge in [-0.1, -0.05) is 48.0 Å². The molecule has 0 spiro atoms. The summed E-state index contributed by atoms with van der Waals surface area (Å²) in [5, 5.41) is 15.9. The summed E-state index contributed by atoms with van der Waals surface area (Å²) in [4.78, 5) is 15.1. The van der Waals surface area contributed by atoms with Gasteiger partial charge in [-0.25, -0.2) is 4.79 Å². The van der Waals surface area contributed by atoms with E-state index in [1.165, 1.54) is 11.7 Å². The molecule has 204 valence electrons. The molecule has 0 saturated carbocycles. The Hall–Kier alpha value is -3.86. The number of nitrogens with zero attached hydrogens (tertiary/aromatic N) is 6. The molecule has 1 fully saturated rings. The van der Waals surface area contributed by atoms with Crippen molar-refractivity contribution >= 4 is 17.6 Å². The van der Waals surface area contributed by atoms with Crippen molar-refractivity contribution in [2.75, 3.05) is 6.54 Å². The highest BCUT2D eigenvalue weighted by atomic mass is 35.5. The predicted octanol–water partition coefficient (Wildman–Crippen LogP) is 5.75. The van der Waals surface area contributed by atoms with Gasteiger partial charge in [0.15, 0.2) is 11.5 Å². The number of hydrogen-bond acceptors (Lipinski definition) is 4. The van der Waals surface area contributed by atoms with E-state index in [0.29, 0.717) is 40.8 Å². The second-order valence-corrected chi connectivity index (χ2v) is 9.96. The lowest BCUT2D eigenvalue weighted by molar-refractivity contribution is -0.141. The Balaban J connectivity index is 1.33. The highest BCUT2D eigenvalue weighted by Crippen LogP contribution is 2.34. The molecule has 5 rings (SSSR count). The molecule has 0 radical (unpaired) electrons. The molecule has 1 atom stereocenters. The minimum atomic E-state index is -4.55. The molecule has 1 saturated heterocycles. The van der Waals surface area contributed by atoms with Gasteiger partial charge in [0.25, 0.3) is 0 Å². The number of aryl methyl sites for hydroxylation is 2. The lowest BCUT2D eigenvalue weighted by atomic mass is 10.0. The number of alkyl halides is 3. The van der Waals surface area contributed by atoms with Crippen molar-refractivity contribution in [3.05, 3.63) is 88.1 Å². The van der Waals surface area contributed by atoms with E-state index < -0.39 is 11.9 Å². The number of carbonyl (C=O) groups is 1. The zero-order valence-corrected chi connectivity index (χ0v) is 22.2. The third-order valence-corrected chi connectivity index (χ3v) is 7.18. The van der Waals surface area contributed by atoms with Crippen LogP contribution in [0.2, 0.25) is 5.02 Å². The third-order valence-electron chi connectivity index (χ3n) is 6.92. The summed E-state index contributed by atoms with van der Waals surface area (Å²) >= 11 is 6.03. The number of rotatable bonds is 6. The van der Waals surface area contributed by atoms with Crippen LogP contribution in [0.5, 0.6) is 0 Å². The number of nitrogens with one attached hydrogen (secondary N) is 1. The van der Waals surface area contributed by atoms with Crippen LogP contribution in [0.4, 0.5) is 18.0 Å². The van der Waals surface area contributed by atoms with Gasteiger partial charge in [0, 0.05) is 30.7 Å². The van der Waals surface area contributed by atoms with Gasteiger partial charge >= 0.3 is 12.2 Å². The van der Waals surface area contributed by atoms with Gasteiger partial charge in [0.1, 0.15) is 5.82 Å². The summed E-state index contributed by atoms with van der Waals surface area (Å²) in [6.45, 7) is 3.13. The summed E-state index contributed by atoms with van der Waals surface area (Å²) in [5.74, 6) is 1.46. The van der Waals surface area contributed by atoms with Crippen LogP contribution in [0.1, 0.15) is 47.4 Å². The molecule has 1 aliphatic heterocycles. The molecule has 2 aromatic carbocycles. The van der Waals surface area contributed by atoms with Gasteiger partial charge in [0.2, 0.25) is 0 Å². The summed E-state index contributed by atoms with van der Waals surface area (Å²) < 4.78 is 42.9. The van der Waals surface area contributed by atoms with E-state index in [1.807, 2.05) is 35.8 Å². The summed E-state index contributed by atoms with van der Waals surface area (Å²) in [6.07, 6.45) is -2.98. The van der Waals surface area contributed by atoms with Gasteiger partial charge < -0.3 is 14.8 Å². The molecule has 8 nitrogen and oxygen atoms in total. The molecule has 1 N–H and O–H groups in total. The molecule has 2 aromatic heterocycles. The first kappa shape index (κ1) is 26.7. The number of amides is 2. The minimum Gasteiger partial charge on any atom is -0.334 e. The topological polar surface area (TPSA) is 80.9 Å². The van der Waals surface area contributed by atoms with Crippen LogP contribution in [-0.2, 0) is 26.3 Å². The minimum absolute atomic E-state index is 0.140. The maximum absolute atomic E-state index is 13.3. The Morgan fingerprint density at radius 2 is 1.87 bits per heavy atom. The molecular formula is C27H27ClF3N7O. The van der Waals surface area contributed by atoms with Crippen molar-refractivity contribution in [2.24, 2.45) is 7.05 Å². The molecule has 0 unspecified atom stereocenters. The third kappa shape index (κ3) is 5.63. The second kappa shape index (κ2) is 10.7. The Morgan fingerprint density at radius 1 is 1.13 bits per heavy atom. The van der Waals surface area contributed by atoms with Crippen molar-refractivity contribution in [1.82, 2.24) is 34.8 Å².